The van der Waals surface area contributed by atoms with Crippen LogP contribution in [0.4, 0.5) is 5.69 Å². The van der Waals surface area contributed by atoms with Gasteiger partial charge in [0.1, 0.15) is 0 Å². The molecular weight excluding hydrogens is 268 g/mol. The lowest BCUT2D eigenvalue weighted by Crippen LogP contribution is -2.03. The quantitative estimate of drug-likeness (QED) is 0.941. The summed E-state index contributed by atoms with van der Waals surface area (Å²) >= 11 is 3.49. The van der Waals surface area contributed by atoms with E-state index in [-0.39, 0.29) is 0 Å². The Balaban J connectivity index is 2.54. The zero-order valence-electron chi connectivity index (χ0n) is 9.02. The summed E-state index contributed by atoms with van der Waals surface area (Å²) in [7, 11) is 0. The van der Waals surface area contributed by atoms with Crippen LogP contribution in [0, 0.1) is 0 Å². The Morgan fingerprint density at radius 1 is 1.44 bits per heavy atom. The third-order valence-electron chi connectivity index (χ3n) is 2.34. The molecule has 0 aliphatic rings. The summed E-state index contributed by atoms with van der Waals surface area (Å²) < 4.78 is 2.89. The van der Waals surface area contributed by atoms with Crippen molar-refractivity contribution in [2.24, 2.45) is 0 Å². The van der Waals surface area contributed by atoms with Crippen molar-refractivity contribution in [3.63, 3.8) is 0 Å². The van der Waals surface area contributed by atoms with E-state index in [2.05, 4.69) is 32.9 Å². The number of hydrogen-bond donors (Lipinski definition) is 1. The monoisotopic (exact) mass is 280 g/mol. The van der Waals surface area contributed by atoms with Crippen molar-refractivity contribution in [1.29, 1.82) is 0 Å². The molecule has 16 heavy (non-hydrogen) atoms. The largest absolute Gasteiger partial charge is 0.398 e. The van der Waals surface area contributed by atoms with E-state index in [0.717, 1.165) is 28.7 Å². The molecule has 0 aliphatic carbocycles. The van der Waals surface area contributed by atoms with Gasteiger partial charge >= 0.3 is 0 Å². The fourth-order valence-electron chi connectivity index (χ4n) is 1.61. The van der Waals surface area contributed by atoms with Crippen molar-refractivity contribution in [3.05, 3.63) is 29.1 Å². The first-order valence-electron chi connectivity index (χ1n) is 5.15. The Kier molecular flexibility index (Phi) is 3.24. The second-order valence-corrected chi connectivity index (χ2v) is 4.38. The minimum absolute atomic E-state index is 0.716. The van der Waals surface area contributed by atoms with Crippen molar-refractivity contribution in [3.8, 4) is 11.3 Å². The Labute approximate surface area is 103 Å². The molecule has 84 valence electrons. The minimum atomic E-state index is 0.716. The molecule has 0 unspecified atom stereocenters. The molecule has 0 radical (unpaired) electrons. The first-order valence-corrected chi connectivity index (χ1v) is 5.94. The van der Waals surface area contributed by atoms with Gasteiger partial charge in [0, 0.05) is 30.2 Å². The molecule has 0 fully saturated rings. The Bertz CT molecular complexity index is 492. The van der Waals surface area contributed by atoms with Crippen LogP contribution in [0.3, 0.4) is 0 Å². The summed E-state index contributed by atoms with van der Waals surface area (Å²) in [6.45, 7) is 2.99. The number of nitrogens with zero attached hydrogens (tertiary/aromatic N) is 3. The maximum Gasteiger partial charge on any atom is 0.0860 e. The SMILES string of the molecule is CCCn1ncc(Br)c1-c1cnccc1N. The highest BCUT2D eigenvalue weighted by molar-refractivity contribution is 9.10. The van der Waals surface area contributed by atoms with Gasteiger partial charge in [-0.1, -0.05) is 6.92 Å². The number of anilines is 1. The van der Waals surface area contributed by atoms with Crippen LogP contribution < -0.4 is 5.73 Å². The molecule has 0 atom stereocenters. The second kappa shape index (κ2) is 4.65. The fraction of sp³-hybridized carbons (Fsp3) is 0.273. The van der Waals surface area contributed by atoms with Gasteiger partial charge in [0.25, 0.3) is 0 Å². The topological polar surface area (TPSA) is 56.7 Å². The molecule has 0 aromatic carbocycles. The summed E-state index contributed by atoms with van der Waals surface area (Å²) in [5.74, 6) is 0. The van der Waals surface area contributed by atoms with E-state index >= 15 is 0 Å². The smallest absolute Gasteiger partial charge is 0.0860 e. The van der Waals surface area contributed by atoms with Crippen LogP contribution in [-0.2, 0) is 6.54 Å². The maximum absolute atomic E-state index is 5.94. The Hall–Kier alpha value is -1.36. The van der Waals surface area contributed by atoms with Crippen LogP contribution in [0.15, 0.2) is 29.1 Å². The van der Waals surface area contributed by atoms with Gasteiger partial charge in [0.15, 0.2) is 0 Å². The minimum Gasteiger partial charge on any atom is -0.398 e. The number of aryl methyl sites for hydroxylation is 1. The predicted octanol–water partition coefficient (Wildman–Crippen LogP) is 2.70. The Morgan fingerprint density at radius 3 is 2.94 bits per heavy atom. The molecule has 0 spiro atoms. The van der Waals surface area contributed by atoms with E-state index in [4.69, 9.17) is 5.73 Å². The summed E-state index contributed by atoms with van der Waals surface area (Å²) in [5, 5.41) is 4.31. The van der Waals surface area contributed by atoms with Gasteiger partial charge in [0.05, 0.1) is 16.4 Å². The van der Waals surface area contributed by atoms with Gasteiger partial charge in [-0.2, -0.15) is 5.10 Å². The van der Waals surface area contributed by atoms with Crippen molar-refractivity contribution < 1.29 is 0 Å². The molecule has 2 rings (SSSR count). The van der Waals surface area contributed by atoms with E-state index in [1.165, 1.54) is 0 Å². The number of nitrogens with two attached hydrogens (primary N) is 1. The van der Waals surface area contributed by atoms with Crippen molar-refractivity contribution >= 4 is 21.6 Å². The first-order chi connectivity index (χ1) is 7.74. The summed E-state index contributed by atoms with van der Waals surface area (Å²) in [6.07, 6.45) is 6.27. The molecule has 0 aliphatic heterocycles. The standard InChI is InChI=1S/C11H13BrN4/c1-2-5-16-11(9(12)7-15-16)8-6-14-4-3-10(8)13/h3-4,6-7H,2,5H2,1H3,(H2,13,14). The van der Waals surface area contributed by atoms with Gasteiger partial charge in [-0.25, -0.2) is 0 Å². The number of rotatable bonds is 3. The van der Waals surface area contributed by atoms with Crippen LogP contribution in [0.5, 0.6) is 0 Å². The van der Waals surface area contributed by atoms with E-state index in [1.807, 2.05) is 4.68 Å². The molecule has 2 aromatic rings. The molecule has 2 aromatic heterocycles. The van der Waals surface area contributed by atoms with E-state index in [1.54, 1.807) is 24.7 Å². The Morgan fingerprint density at radius 2 is 2.25 bits per heavy atom. The molecule has 4 nitrogen and oxygen atoms in total. The van der Waals surface area contributed by atoms with Gasteiger partial charge in [-0.05, 0) is 28.4 Å². The number of hydrogen-bond acceptors (Lipinski definition) is 3. The fourth-order valence-corrected chi connectivity index (χ4v) is 2.12. The second-order valence-electron chi connectivity index (χ2n) is 3.53. The average Bonchev–Trinajstić information content (AvgIpc) is 2.62. The van der Waals surface area contributed by atoms with Crippen LogP contribution in [0.1, 0.15) is 13.3 Å². The highest BCUT2D eigenvalue weighted by Crippen LogP contribution is 2.31. The van der Waals surface area contributed by atoms with Gasteiger partial charge in [-0.15, -0.1) is 0 Å². The normalized spacial score (nSPS) is 10.6. The van der Waals surface area contributed by atoms with Gasteiger partial charge < -0.3 is 5.73 Å². The van der Waals surface area contributed by atoms with Crippen molar-refractivity contribution in [1.82, 2.24) is 14.8 Å². The third-order valence-corrected chi connectivity index (χ3v) is 2.92. The van der Waals surface area contributed by atoms with Crippen LogP contribution >= 0.6 is 15.9 Å². The first kappa shape index (κ1) is 11.1. The molecular formula is C11H13BrN4. The lowest BCUT2D eigenvalue weighted by atomic mass is 10.2. The van der Waals surface area contributed by atoms with Crippen LogP contribution in [-0.4, -0.2) is 14.8 Å². The molecule has 2 heterocycles. The zero-order valence-corrected chi connectivity index (χ0v) is 10.6. The number of nitrogen functional groups attached to an aromatic ring is 1. The highest BCUT2D eigenvalue weighted by atomic mass is 79.9. The molecule has 0 bridgehead atoms. The summed E-state index contributed by atoms with van der Waals surface area (Å²) in [6, 6.07) is 1.80. The van der Waals surface area contributed by atoms with Crippen LogP contribution in [0.2, 0.25) is 0 Å². The number of aromatic nitrogens is 3. The molecule has 5 heteroatoms. The maximum atomic E-state index is 5.94. The average molecular weight is 281 g/mol. The van der Waals surface area contributed by atoms with Crippen molar-refractivity contribution in [2.45, 2.75) is 19.9 Å². The van der Waals surface area contributed by atoms with E-state index in [9.17, 15) is 0 Å². The van der Waals surface area contributed by atoms with Crippen LogP contribution in [0.25, 0.3) is 11.3 Å². The predicted molar refractivity (Wildman–Crippen MR) is 67.9 cm³/mol. The van der Waals surface area contributed by atoms with E-state index in [0.29, 0.717) is 5.69 Å². The third kappa shape index (κ3) is 1.95. The molecule has 0 saturated heterocycles. The zero-order chi connectivity index (χ0) is 11.5. The molecule has 0 amide bonds. The van der Waals surface area contributed by atoms with E-state index < -0.39 is 0 Å². The number of pyridine rings is 1. The van der Waals surface area contributed by atoms with Gasteiger partial charge in [-0.3, -0.25) is 9.67 Å². The lowest BCUT2D eigenvalue weighted by molar-refractivity contribution is 0.609. The summed E-state index contributed by atoms with van der Waals surface area (Å²) in [5.41, 5.74) is 8.57. The molecule has 0 saturated carbocycles. The summed E-state index contributed by atoms with van der Waals surface area (Å²) in [4.78, 5) is 4.10. The lowest BCUT2D eigenvalue weighted by Gasteiger charge is -2.08. The number of halogens is 1. The highest BCUT2D eigenvalue weighted by Gasteiger charge is 2.13. The van der Waals surface area contributed by atoms with Crippen molar-refractivity contribution in [2.75, 3.05) is 5.73 Å². The van der Waals surface area contributed by atoms with Gasteiger partial charge in [0.2, 0.25) is 0 Å². The molecule has 2 N–H and O–H groups in total.